The highest BCUT2D eigenvalue weighted by molar-refractivity contribution is 5.85. The molecule has 1 atom stereocenters. The molecule has 0 aromatic carbocycles. The maximum absolute atomic E-state index is 8.01. The highest BCUT2D eigenvalue weighted by Gasteiger charge is 1.94. The van der Waals surface area contributed by atoms with Gasteiger partial charge in [0.1, 0.15) is 0 Å². The van der Waals surface area contributed by atoms with Crippen LogP contribution in [0.1, 0.15) is 13.8 Å². The fourth-order valence-corrected chi connectivity index (χ4v) is 0.0911. The third kappa shape index (κ3) is 2.17. The molecule has 0 saturated heterocycles. The van der Waals surface area contributed by atoms with Gasteiger partial charge in [0.15, 0.2) is 0 Å². The van der Waals surface area contributed by atoms with Gasteiger partial charge in [-0.25, -0.2) is 0 Å². The van der Waals surface area contributed by atoms with E-state index in [1.807, 2.05) is 0 Å². The Hall–Kier alpha value is -0.570. The average molecular weight is 102 g/mol. The second-order valence-corrected chi connectivity index (χ2v) is 1.53. The van der Waals surface area contributed by atoms with Gasteiger partial charge in [0, 0.05) is 6.04 Å². The van der Waals surface area contributed by atoms with Crippen LogP contribution in [-0.2, 0) is 0 Å². The Labute approximate surface area is 42.8 Å². The van der Waals surface area contributed by atoms with Gasteiger partial charge >= 0.3 is 0 Å². The minimum absolute atomic E-state index is 0.134. The Morgan fingerprint density at radius 1 is 1.86 bits per heavy atom. The van der Waals surface area contributed by atoms with Gasteiger partial charge in [0.05, 0.1) is 5.71 Å². The fourth-order valence-electron chi connectivity index (χ4n) is 0.0911. The van der Waals surface area contributed by atoms with Crippen molar-refractivity contribution >= 4 is 5.71 Å². The van der Waals surface area contributed by atoms with E-state index in [9.17, 15) is 0 Å². The first kappa shape index (κ1) is 6.43. The van der Waals surface area contributed by atoms with Crippen LogP contribution in [0.2, 0.25) is 0 Å². The molecule has 0 bridgehead atoms. The molecule has 0 heterocycles. The Kier molecular flexibility index (Phi) is 2.37. The Morgan fingerprint density at radius 3 is 2.29 bits per heavy atom. The summed E-state index contributed by atoms with van der Waals surface area (Å²) in [6.07, 6.45) is 0. The molecule has 1 unspecified atom stereocenters. The van der Waals surface area contributed by atoms with Gasteiger partial charge in [-0.1, -0.05) is 5.16 Å². The largest absolute Gasteiger partial charge is 0.411 e. The third-order valence-corrected chi connectivity index (χ3v) is 0.817. The van der Waals surface area contributed by atoms with Crippen LogP contribution < -0.4 is 5.73 Å². The highest BCUT2D eigenvalue weighted by atomic mass is 16.4. The first-order valence-corrected chi connectivity index (χ1v) is 2.12. The van der Waals surface area contributed by atoms with Crippen LogP contribution in [0.4, 0.5) is 0 Å². The summed E-state index contributed by atoms with van der Waals surface area (Å²) in [4.78, 5) is 0. The molecular formula is C4H10N2O. The molecular weight excluding hydrogens is 92.1 g/mol. The second kappa shape index (κ2) is 2.58. The van der Waals surface area contributed by atoms with Crippen molar-refractivity contribution in [1.82, 2.24) is 0 Å². The van der Waals surface area contributed by atoms with E-state index >= 15 is 0 Å². The number of nitrogens with zero attached hydrogens (tertiary/aromatic N) is 1. The summed E-state index contributed by atoms with van der Waals surface area (Å²) in [6, 6.07) is -0.134. The second-order valence-electron chi connectivity index (χ2n) is 1.53. The summed E-state index contributed by atoms with van der Waals surface area (Å²) in [5, 5.41) is 10.9. The summed E-state index contributed by atoms with van der Waals surface area (Å²) in [5.41, 5.74) is 5.81. The van der Waals surface area contributed by atoms with Crippen LogP contribution in [0.15, 0.2) is 5.16 Å². The normalized spacial score (nSPS) is 16.7. The third-order valence-electron chi connectivity index (χ3n) is 0.817. The molecule has 0 aromatic rings. The van der Waals surface area contributed by atoms with Gasteiger partial charge in [0.2, 0.25) is 0 Å². The molecule has 3 heteroatoms. The lowest BCUT2D eigenvalue weighted by Gasteiger charge is -1.97. The van der Waals surface area contributed by atoms with Crippen LogP contribution >= 0.6 is 0 Å². The lowest BCUT2D eigenvalue weighted by Crippen LogP contribution is -2.23. The highest BCUT2D eigenvalue weighted by Crippen LogP contribution is 1.78. The van der Waals surface area contributed by atoms with Crippen LogP contribution in [0.25, 0.3) is 0 Å². The topological polar surface area (TPSA) is 58.6 Å². The SMILES string of the molecule is C/C(=N\O)C(C)N. The molecule has 0 radical (unpaired) electrons. The van der Waals surface area contributed by atoms with Crippen molar-refractivity contribution in [2.45, 2.75) is 19.9 Å². The summed E-state index contributed by atoms with van der Waals surface area (Å²) < 4.78 is 0. The number of hydrogen-bond donors (Lipinski definition) is 2. The molecule has 0 fully saturated rings. The Balaban J connectivity index is 3.56. The summed E-state index contributed by atoms with van der Waals surface area (Å²) >= 11 is 0. The van der Waals surface area contributed by atoms with Crippen molar-refractivity contribution in [1.29, 1.82) is 0 Å². The fraction of sp³-hybridized carbons (Fsp3) is 0.750. The molecule has 0 aromatic heterocycles. The minimum Gasteiger partial charge on any atom is -0.411 e. The molecule has 0 aliphatic heterocycles. The predicted molar refractivity (Wildman–Crippen MR) is 28.5 cm³/mol. The van der Waals surface area contributed by atoms with E-state index in [1.165, 1.54) is 0 Å². The summed E-state index contributed by atoms with van der Waals surface area (Å²) in [7, 11) is 0. The van der Waals surface area contributed by atoms with E-state index in [2.05, 4.69) is 5.16 Å². The molecule has 42 valence electrons. The molecule has 0 rings (SSSR count). The number of nitrogens with two attached hydrogens (primary N) is 1. The quantitative estimate of drug-likeness (QED) is 0.282. The number of rotatable bonds is 1. The van der Waals surface area contributed by atoms with Crippen molar-refractivity contribution < 1.29 is 5.21 Å². The van der Waals surface area contributed by atoms with Crippen LogP contribution in [-0.4, -0.2) is 17.0 Å². The van der Waals surface area contributed by atoms with E-state index < -0.39 is 0 Å². The van der Waals surface area contributed by atoms with Crippen LogP contribution in [0, 0.1) is 0 Å². The maximum atomic E-state index is 8.01. The van der Waals surface area contributed by atoms with Gasteiger partial charge in [-0.15, -0.1) is 0 Å². The van der Waals surface area contributed by atoms with E-state index in [0.29, 0.717) is 5.71 Å². The molecule has 0 amide bonds. The summed E-state index contributed by atoms with van der Waals surface area (Å²) in [6.45, 7) is 3.43. The maximum Gasteiger partial charge on any atom is 0.0703 e. The van der Waals surface area contributed by atoms with Crippen molar-refractivity contribution in [2.24, 2.45) is 10.9 Å². The molecule has 0 spiro atoms. The van der Waals surface area contributed by atoms with Gasteiger partial charge < -0.3 is 10.9 Å². The Morgan fingerprint density at radius 2 is 2.29 bits per heavy atom. The van der Waals surface area contributed by atoms with E-state index in [-0.39, 0.29) is 6.04 Å². The molecule has 0 aliphatic carbocycles. The zero-order chi connectivity index (χ0) is 5.86. The molecule has 7 heavy (non-hydrogen) atoms. The van der Waals surface area contributed by atoms with Crippen molar-refractivity contribution in [3.05, 3.63) is 0 Å². The van der Waals surface area contributed by atoms with E-state index in [1.54, 1.807) is 13.8 Å². The standard InChI is InChI=1S/C4H10N2O/c1-3(5)4(2)6-7/h3,7H,5H2,1-2H3/b6-4+. The van der Waals surface area contributed by atoms with Crippen molar-refractivity contribution in [3.63, 3.8) is 0 Å². The first-order chi connectivity index (χ1) is 3.18. The number of hydrogen-bond acceptors (Lipinski definition) is 3. The van der Waals surface area contributed by atoms with Crippen LogP contribution in [0.3, 0.4) is 0 Å². The molecule has 0 saturated carbocycles. The van der Waals surface area contributed by atoms with Crippen molar-refractivity contribution in [3.8, 4) is 0 Å². The Bertz CT molecular complexity index is 77.8. The van der Waals surface area contributed by atoms with E-state index in [0.717, 1.165) is 0 Å². The molecule has 3 nitrogen and oxygen atoms in total. The zero-order valence-corrected chi connectivity index (χ0v) is 4.55. The van der Waals surface area contributed by atoms with E-state index in [4.69, 9.17) is 10.9 Å². The lowest BCUT2D eigenvalue weighted by atomic mass is 10.2. The van der Waals surface area contributed by atoms with Crippen molar-refractivity contribution in [2.75, 3.05) is 0 Å². The zero-order valence-electron chi connectivity index (χ0n) is 4.55. The van der Waals surface area contributed by atoms with Gasteiger partial charge in [-0.2, -0.15) is 0 Å². The molecule has 0 aliphatic rings. The van der Waals surface area contributed by atoms with Crippen LogP contribution in [0.5, 0.6) is 0 Å². The predicted octanol–water partition coefficient (Wildman–Crippen LogP) is 0.184. The smallest absolute Gasteiger partial charge is 0.0703 e. The van der Waals surface area contributed by atoms with Gasteiger partial charge in [-0.3, -0.25) is 0 Å². The summed E-state index contributed by atoms with van der Waals surface area (Å²) in [5.74, 6) is 0. The average Bonchev–Trinajstić information content (AvgIpc) is 1.65. The monoisotopic (exact) mass is 102 g/mol. The van der Waals surface area contributed by atoms with Gasteiger partial charge in [-0.05, 0) is 13.8 Å². The first-order valence-electron chi connectivity index (χ1n) is 2.12. The number of oxime groups is 1. The molecule has 3 N–H and O–H groups in total. The minimum atomic E-state index is -0.134. The lowest BCUT2D eigenvalue weighted by molar-refractivity contribution is 0.316. The van der Waals surface area contributed by atoms with Gasteiger partial charge in [0.25, 0.3) is 0 Å².